The molecule has 0 aliphatic heterocycles. The van der Waals surface area contributed by atoms with Gasteiger partial charge in [-0.3, -0.25) is 24.0 Å². The minimum Gasteiger partial charge on any atom is -0.778 e. The Morgan fingerprint density at radius 2 is 0.807 bits per heavy atom. The predicted molar refractivity (Wildman–Crippen MR) is 331 cm³/mol. The van der Waals surface area contributed by atoms with Gasteiger partial charge in [-0.2, -0.15) is 0 Å². The second-order valence-electron chi connectivity index (χ2n) is 25.8. The van der Waals surface area contributed by atoms with Crippen LogP contribution in [0.4, 0.5) is 0 Å². The van der Waals surface area contributed by atoms with Gasteiger partial charge in [0.25, 0.3) is 0 Å². The maximum absolute atomic E-state index is 13.9. The van der Waals surface area contributed by atoms with Crippen LogP contribution in [0.5, 0.6) is 0 Å². The summed E-state index contributed by atoms with van der Waals surface area (Å²) in [6.45, 7) is 27.1. The van der Waals surface area contributed by atoms with Crippen LogP contribution in [0.2, 0.25) is 0 Å². The number of carbonyl (C=O) groups is 5. The van der Waals surface area contributed by atoms with Gasteiger partial charge in [-0.05, 0) is 101 Å². The summed E-state index contributed by atoms with van der Waals surface area (Å²) in [5.41, 5.74) is 0.319. The second kappa shape index (κ2) is 40.6. The molecule has 1 unspecified atom stereocenters. The Morgan fingerprint density at radius 3 is 1.16 bits per heavy atom. The van der Waals surface area contributed by atoms with E-state index in [1.165, 1.54) is 7.40 Å². The maximum Gasteiger partial charge on any atom is 0.220 e. The highest BCUT2D eigenvalue weighted by molar-refractivity contribution is 7.53. The van der Waals surface area contributed by atoms with Crippen molar-refractivity contribution in [1.82, 2.24) is 66.2 Å². The highest BCUT2D eigenvalue weighted by atomic mass is 31.2. The molecule has 0 aromatic carbocycles. The molecule has 4 amide bonds. The molecular formula is C60H109N13O14P-. The summed E-state index contributed by atoms with van der Waals surface area (Å²) in [7, 11) is -2.71. The first-order valence-electron chi connectivity index (χ1n) is 31.8. The Kier molecular flexibility index (Phi) is 35.6. The molecule has 0 bridgehead atoms. The van der Waals surface area contributed by atoms with E-state index in [-0.39, 0.29) is 190 Å². The minimum absolute atomic E-state index is 0.00453. The van der Waals surface area contributed by atoms with E-state index in [4.69, 9.17) is 34.3 Å². The van der Waals surface area contributed by atoms with E-state index in [1.807, 2.05) is 80.9 Å². The van der Waals surface area contributed by atoms with Gasteiger partial charge in [0.1, 0.15) is 30.5 Å². The number of nitrogens with zero attached hydrogens (tertiary/aromatic N) is 9. The molecule has 0 aliphatic rings. The van der Waals surface area contributed by atoms with Gasteiger partial charge >= 0.3 is 0 Å². The lowest BCUT2D eigenvalue weighted by Gasteiger charge is -2.35. The third kappa shape index (κ3) is 34.2. The largest absolute Gasteiger partial charge is 0.778 e. The molecule has 3 rings (SSSR count). The highest BCUT2D eigenvalue weighted by Crippen LogP contribution is 2.50. The van der Waals surface area contributed by atoms with Crippen LogP contribution >= 0.6 is 7.60 Å². The van der Waals surface area contributed by atoms with E-state index in [0.717, 1.165) is 19.3 Å². The molecule has 0 spiro atoms. The third-order valence-electron chi connectivity index (χ3n) is 13.7. The number of rotatable bonds is 47. The monoisotopic (exact) mass is 1270 g/mol. The first-order valence-corrected chi connectivity index (χ1v) is 32.3. The molecule has 3 aromatic heterocycles. The molecule has 0 radical (unpaired) electrons. The SMILES string of the molecule is CC(C)(C)n1cc(COCCOCCNC(=O)CCC(CCC(=O)NCCOCCOCc2cn(C(C)(C)C)nn2)(CCC(=O)NCCOCCOCc2cn(C(C)(C)C)nn2)NC(=O)CCCC(=O)CCCCCCCOP(=O)([O-])C(C)(C)C)nn1.[3H]C. The van der Waals surface area contributed by atoms with Crippen molar-refractivity contribution < 1.29 is 67.7 Å². The number of unbranched alkanes of at least 4 members (excludes halogenated alkanes) is 4. The average Bonchev–Trinajstić information content (AvgIpc) is 3.34. The Balaban J connectivity index is 0.0000134. The van der Waals surface area contributed by atoms with Crippen LogP contribution in [0.15, 0.2) is 18.6 Å². The number of hydrogen-bond acceptors (Lipinski definition) is 20. The Morgan fingerprint density at radius 1 is 0.466 bits per heavy atom. The fourth-order valence-corrected chi connectivity index (χ4v) is 8.96. The molecule has 4 N–H and O–H groups in total. The van der Waals surface area contributed by atoms with Crippen LogP contribution in [0.3, 0.4) is 0 Å². The number of ketones is 1. The molecular weight excluding hydrogens is 1160 g/mol. The Bertz CT molecular complexity index is 2320. The van der Waals surface area contributed by atoms with Crippen molar-refractivity contribution in [3.8, 4) is 0 Å². The number of carbonyl (C=O) groups excluding carboxylic acids is 5. The van der Waals surface area contributed by atoms with Crippen molar-refractivity contribution >= 4 is 37.0 Å². The number of aromatic nitrogens is 9. The third-order valence-corrected chi connectivity index (χ3v) is 15.9. The van der Waals surface area contributed by atoms with Gasteiger partial charge < -0.3 is 63.7 Å². The lowest BCUT2D eigenvalue weighted by molar-refractivity contribution is -0.204. The zero-order chi connectivity index (χ0) is 66.4. The van der Waals surface area contributed by atoms with Gasteiger partial charge in [-0.15, -0.1) is 15.3 Å². The molecule has 88 heavy (non-hydrogen) atoms. The molecule has 0 saturated carbocycles. The van der Waals surface area contributed by atoms with Crippen LogP contribution in [-0.4, -0.2) is 171 Å². The van der Waals surface area contributed by atoms with E-state index in [9.17, 15) is 33.4 Å². The molecule has 3 heterocycles. The standard InChI is InChI=1S/C59H106N13O14P.CH4/c1-55(2,3)70-41-47(64-67-70)44-83-38-35-80-32-28-60-51(74)22-25-59(26-23-52(75)61-29-33-81-36-39-84-45-48-42-71(68-65-48)56(4,5)6,27-24-53(76)62-30-34-82-37-40-85-46-49-43-72(69-66-49)57(7,8)9)63-54(77)21-18-20-50(73)19-16-14-13-15-17-31-86-87(78,79)58(10,11)12;/h41-43H,13-40,44-46H2,1-12H3,(H,60,74)(H,61,75)(H,62,76)(H,63,77)(H,78,79);1H4/p-1/i;1T. The van der Waals surface area contributed by atoms with Crippen LogP contribution in [0.25, 0.3) is 0 Å². The van der Waals surface area contributed by atoms with Crippen LogP contribution in [0.1, 0.15) is 205 Å². The number of hydrogen-bond donors (Lipinski definition) is 4. The normalized spacial score (nSPS) is 13.1. The summed E-state index contributed by atoms with van der Waals surface area (Å²) < 4.78 is 62.6. The smallest absolute Gasteiger partial charge is 0.220 e. The summed E-state index contributed by atoms with van der Waals surface area (Å²) in [5, 5.41) is 35.7. The maximum atomic E-state index is 13.9. The lowest BCUT2D eigenvalue weighted by atomic mass is 9.82. The van der Waals surface area contributed by atoms with Crippen molar-refractivity contribution in [3.63, 3.8) is 0 Å². The van der Waals surface area contributed by atoms with E-state index in [2.05, 4.69) is 52.2 Å². The van der Waals surface area contributed by atoms with Gasteiger partial charge in [-0.1, -0.05) is 63.1 Å². The molecule has 28 heteroatoms. The number of nitrogens with one attached hydrogen (secondary N) is 4. The van der Waals surface area contributed by atoms with Crippen LogP contribution < -0.4 is 26.2 Å². The molecule has 1 atom stereocenters. The van der Waals surface area contributed by atoms with Gasteiger partial charge in [0.05, 0.1) is 121 Å². The molecule has 3 aromatic rings. The minimum atomic E-state index is -3.96. The van der Waals surface area contributed by atoms with Gasteiger partial charge in [0.2, 0.25) is 23.6 Å². The van der Waals surface area contributed by atoms with Crippen molar-refractivity contribution in [2.24, 2.45) is 0 Å². The first-order chi connectivity index (χ1) is 42.0. The molecule has 0 fully saturated rings. The highest BCUT2D eigenvalue weighted by Gasteiger charge is 2.34. The zero-order valence-electron chi connectivity index (χ0n) is 56.3. The zero-order valence-corrected chi connectivity index (χ0v) is 56.2. The van der Waals surface area contributed by atoms with E-state index >= 15 is 0 Å². The summed E-state index contributed by atoms with van der Waals surface area (Å²) in [6.07, 6.45) is 10.2. The van der Waals surface area contributed by atoms with Crippen molar-refractivity contribution in [2.75, 3.05) is 85.7 Å². The Labute approximate surface area is 524 Å². The van der Waals surface area contributed by atoms with Crippen LogP contribution in [0, 0.1) is 0 Å². The van der Waals surface area contributed by atoms with Gasteiger partial charge in [0, 0.05) is 70.2 Å². The fraction of sp³-hybridized carbons (Fsp3) is 0.817. The second-order valence-corrected chi connectivity index (χ2v) is 28.4. The predicted octanol–water partition coefficient (Wildman–Crippen LogP) is 6.35. The quantitative estimate of drug-likeness (QED) is 0.0353. The Hall–Kier alpha value is -5.12. The number of ether oxygens (including phenoxy) is 6. The molecule has 504 valence electrons. The van der Waals surface area contributed by atoms with E-state index in [0.29, 0.717) is 56.2 Å². The average molecular weight is 1270 g/mol. The number of amides is 4. The van der Waals surface area contributed by atoms with Crippen LogP contribution in [-0.2, 0) is 97.9 Å². The van der Waals surface area contributed by atoms with Crippen molar-refractivity contribution in [3.05, 3.63) is 35.7 Å². The first kappa shape index (κ1) is 77.1. The molecule has 0 saturated heterocycles. The summed E-state index contributed by atoms with van der Waals surface area (Å²) in [5.74, 6) is -1.29. The van der Waals surface area contributed by atoms with E-state index < -0.39 is 18.3 Å². The summed E-state index contributed by atoms with van der Waals surface area (Å²) >= 11 is 0. The van der Waals surface area contributed by atoms with E-state index in [1.54, 1.807) is 34.8 Å². The molecule has 27 nitrogen and oxygen atoms in total. The van der Waals surface area contributed by atoms with Crippen molar-refractivity contribution in [2.45, 2.75) is 234 Å². The van der Waals surface area contributed by atoms with Gasteiger partial charge in [-0.25, -0.2) is 14.0 Å². The summed E-state index contributed by atoms with van der Waals surface area (Å²) in [6, 6.07) is 0. The number of Topliss-reactive ketones (excluding diaryl/α,β-unsaturated/α-hetero) is 1. The van der Waals surface area contributed by atoms with Crippen molar-refractivity contribution in [1.29, 1.82) is 0 Å². The topological polar surface area (TPSA) is 330 Å². The van der Waals surface area contributed by atoms with Gasteiger partial charge in [0.15, 0.2) is 0 Å². The molecule has 0 aliphatic carbocycles. The fourth-order valence-electron chi connectivity index (χ4n) is 8.20. The summed E-state index contributed by atoms with van der Waals surface area (Å²) in [4.78, 5) is 79.5. The lowest BCUT2D eigenvalue weighted by Crippen LogP contribution is -2.50.